The topological polar surface area (TPSA) is 110 Å². The molecule has 0 unspecified atom stereocenters. The highest BCUT2D eigenvalue weighted by Gasteiger charge is 2.23. The van der Waals surface area contributed by atoms with Gasteiger partial charge in [0.2, 0.25) is 10.0 Å². The number of halogens is 1. The zero-order valence-electron chi connectivity index (χ0n) is 20.0. The molecule has 0 spiro atoms. The van der Waals surface area contributed by atoms with E-state index in [-0.39, 0.29) is 35.6 Å². The lowest BCUT2D eigenvalue weighted by Gasteiger charge is -2.13. The predicted molar refractivity (Wildman–Crippen MR) is 132 cm³/mol. The van der Waals surface area contributed by atoms with Crippen molar-refractivity contribution in [2.75, 3.05) is 20.6 Å². The molecule has 2 heterocycles. The molecule has 34 heavy (non-hydrogen) atoms. The van der Waals surface area contributed by atoms with E-state index in [1.807, 2.05) is 20.8 Å². The number of sulfonamides is 1. The van der Waals surface area contributed by atoms with Gasteiger partial charge in [0.15, 0.2) is 0 Å². The van der Waals surface area contributed by atoms with Crippen LogP contribution in [0.1, 0.15) is 30.0 Å². The van der Waals surface area contributed by atoms with Gasteiger partial charge in [-0.2, -0.15) is 0 Å². The number of nitrogens with two attached hydrogens (primary N) is 1. The first-order valence-corrected chi connectivity index (χ1v) is 12.3. The quantitative estimate of drug-likeness (QED) is 0.507. The second kappa shape index (κ2) is 10.0. The van der Waals surface area contributed by atoms with E-state index in [1.165, 1.54) is 26.2 Å². The van der Waals surface area contributed by atoms with Crippen LogP contribution < -0.4 is 11.1 Å². The highest BCUT2D eigenvalue weighted by atomic mass is 32.2. The Morgan fingerprint density at radius 1 is 1.26 bits per heavy atom. The van der Waals surface area contributed by atoms with Crippen LogP contribution in [0.25, 0.3) is 22.2 Å². The van der Waals surface area contributed by atoms with Crippen molar-refractivity contribution in [1.82, 2.24) is 19.2 Å². The summed E-state index contributed by atoms with van der Waals surface area (Å²) in [7, 11) is -0.739. The smallest absolute Gasteiger partial charge is 0.270 e. The van der Waals surface area contributed by atoms with E-state index in [9.17, 15) is 17.6 Å². The summed E-state index contributed by atoms with van der Waals surface area (Å²) < 4.78 is 42.8. The Morgan fingerprint density at radius 3 is 2.59 bits per heavy atom. The fourth-order valence-corrected chi connectivity index (χ4v) is 4.67. The van der Waals surface area contributed by atoms with Crippen LogP contribution in [0.2, 0.25) is 0 Å². The lowest BCUT2D eigenvalue weighted by atomic mass is 10.0. The molecule has 3 rings (SSSR count). The maximum absolute atomic E-state index is 14.5. The summed E-state index contributed by atoms with van der Waals surface area (Å²) in [6.45, 7) is 5.53. The number of carbonyl (C=O) groups is 1. The predicted octanol–water partition coefficient (Wildman–Crippen LogP) is 3.21. The molecule has 3 N–H and O–H groups in total. The molecule has 0 fully saturated rings. The maximum Gasteiger partial charge on any atom is 0.270 e. The van der Waals surface area contributed by atoms with Crippen LogP contribution in [0.4, 0.5) is 4.39 Å². The maximum atomic E-state index is 14.5. The first kappa shape index (κ1) is 25.5. The Morgan fingerprint density at radius 2 is 1.97 bits per heavy atom. The summed E-state index contributed by atoms with van der Waals surface area (Å²) in [5.74, 6) is -0.731. The molecule has 1 aromatic carbocycles. The molecule has 0 aliphatic heterocycles. The number of hydrogen-bond acceptors (Lipinski definition) is 5. The van der Waals surface area contributed by atoms with Crippen molar-refractivity contribution in [1.29, 1.82) is 0 Å². The number of amides is 1. The molecular weight excluding hydrogens is 457 g/mol. The molecule has 0 aliphatic carbocycles. The van der Waals surface area contributed by atoms with Gasteiger partial charge in [0.1, 0.15) is 11.5 Å². The largest absolute Gasteiger partial charge is 0.349 e. The lowest BCUT2D eigenvalue weighted by Crippen LogP contribution is -2.30. The minimum Gasteiger partial charge on any atom is -0.349 e. The van der Waals surface area contributed by atoms with E-state index in [1.54, 1.807) is 34.9 Å². The van der Waals surface area contributed by atoms with Gasteiger partial charge in [0.25, 0.3) is 5.91 Å². The monoisotopic (exact) mass is 487 g/mol. The molecule has 0 radical (unpaired) electrons. The van der Waals surface area contributed by atoms with Gasteiger partial charge in [0, 0.05) is 37.9 Å². The molecular formula is C24H30FN5O3S. The lowest BCUT2D eigenvalue weighted by molar-refractivity contribution is 0.0938. The third-order valence-electron chi connectivity index (χ3n) is 5.37. The van der Waals surface area contributed by atoms with Gasteiger partial charge in [-0.1, -0.05) is 12.1 Å². The molecule has 10 heteroatoms. The van der Waals surface area contributed by atoms with Crippen LogP contribution in [0.15, 0.2) is 53.2 Å². The van der Waals surface area contributed by atoms with Crippen molar-refractivity contribution in [3.63, 3.8) is 0 Å². The highest BCUT2D eigenvalue weighted by molar-refractivity contribution is 7.89. The summed E-state index contributed by atoms with van der Waals surface area (Å²) in [5, 5.41) is 2.82. The fourth-order valence-electron chi connectivity index (χ4n) is 3.72. The van der Waals surface area contributed by atoms with Crippen LogP contribution in [0.5, 0.6) is 0 Å². The van der Waals surface area contributed by atoms with Crippen LogP contribution in [-0.2, 0) is 16.6 Å². The molecule has 2 aromatic heterocycles. The number of allylic oxidation sites excluding steroid dienone is 1. The third kappa shape index (κ3) is 5.03. The number of hydrogen-bond donors (Lipinski definition) is 2. The summed E-state index contributed by atoms with van der Waals surface area (Å²) in [4.78, 5) is 17.3. The van der Waals surface area contributed by atoms with E-state index in [4.69, 9.17) is 5.73 Å². The molecule has 1 amide bonds. The Hall–Kier alpha value is -3.08. The standard InChI is InChI=1S/C24H30FN5O3S/c1-15(2)27-24(31)20-9-10-21-23(28-20)22(16(3)30(21)14-18(25)11-12-26)17-7-6-8-19(13-17)34(32,33)29(4)5/h6-11,13,15H,12,14,26H2,1-5H3,(H,27,31). The van der Waals surface area contributed by atoms with Gasteiger partial charge in [-0.25, -0.2) is 22.1 Å². The van der Waals surface area contributed by atoms with Crippen LogP contribution in [-0.4, -0.2) is 54.9 Å². The Balaban J connectivity index is 2.29. The second-order valence-corrected chi connectivity index (χ2v) is 10.6. The van der Waals surface area contributed by atoms with E-state index < -0.39 is 15.9 Å². The Bertz CT molecular complexity index is 1360. The summed E-state index contributed by atoms with van der Waals surface area (Å²) in [6, 6.07) is 9.76. The number of nitrogens with zero attached hydrogens (tertiary/aromatic N) is 3. The number of pyridine rings is 1. The summed E-state index contributed by atoms with van der Waals surface area (Å²) in [5.41, 5.74) is 8.69. The van der Waals surface area contributed by atoms with Crippen molar-refractivity contribution in [2.45, 2.75) is 38.3 Å². The number of aromatic nitrogens is 2. The van der Waals surface area contributed by atoms with Gasteiger partial charge >= 0.3 is 0 Å². The SMILES string of the molecule is Cc1c(-c2cccc(S(=O)(=O)N(C)C)c2)c2nc(C(=O)NC(C)C)ccc2n1CC(F)=CCN. The first-order chi connectivity index (χ1) is 16.0. The molecule has 8 nitrogen and oxygen atoms in total. The summed E-state index contributed by atoms with van der Waals surface area (Å²) in [6.07, 6.45) is 1.30. The number of rotatable bonds is 8. The van der Waals surface area contributed by atoms with Crippen LogP contribution >= 0.6 is 0 Å². The number of fused-ring (bicyclic) bond motifs is 1. The fraction of sp³-hybridized carbons (Fsp3) is 0.333. The van der Waals surface area contributed by atoms with Crippen molar-refractivity contribution in [3.05, 3.63) is 59.7 Å². The van der Waals surface area contributed by atoms with E-state index in [2.05, 4.69) is 10.3 Å². The highest BCUT2D eigenvalue weighted by Crippen LogP contribution is 2.35. The van der Waals surface area contributed by atoms with Crippen molar-refractivity contribution in [3.8, 4) is 11.1 Å². The van der Waals surface area contributed by atoms with Gasteiger partial charge in [-0.15, -0.1) is 0 Å². The van der Waals surface area contributed by atoms with Crippen LogP contribution in [0, 0.1) is 6.92 Å². The van der Waals surface area contributed by atoms with Crippen molar-refractivity contribution in [2.24, 2.45) is 5.73 Å². The van der Waals surface area contributed by atoms with E-state index >= 15 is 0 Å². The second-order valence-electron chi connectivity index (χ2n) is 8.44. The molecule has 0 atom stereocenters. The number of nitrogens with one attached hydrogen (secondary N) is 1. The molecule has 0 saturated carbocycles. The van der Waals surface area contributed by atoms with Crippen molar-refractivity contribution < 1.29 is 17.6 Å². The average molecular weight is 488 g/mol. The van der Waals surface area contributed by atoms with Crippen molar-refractivity contribution >= 4 is 27.0 Å². The zero-order chi connectivity index (χ0) is 25.2. The van der Waals surface area contributed by atoms with Gasteiger partial charge < -0.3 is 15.6 Å². The molecule has 3 aromatic rings. The number of benzene rings is 1. The third-order valence-corrected chi connectivity index (χ3v) is 7.18. The summed E-state index contributed by atoms with van der Waals surface area (Å²) >= 11 is 0. The Kier molecular flexibility index (Phi) is 7.54. The van der Waals surface area contributed by atoms with Gasteiger partial charge in [0.05, 0.1) is 22.5 Å². The number of carbonyl (C=O) groups excluding carboxylic acids is 1. The minimum absolute atomic E-state index is 0.0611. The van der Waals surface area contributed by atoms with Crippen LogP contribution in [0.3, 0.4) is 0 Å². The van der Waals surface area contributed by atoms with E-state index in [0.29, 0.717) is 27.9 Å². The Labute approximate surface area is 199 Å². The molecule has 182 valence electrons. The molecule has 0 bridgehead atoms. The minimum atomic E-state index is -3.67. The van der Waals surface area contributed by atoms with E-state index in [0.717, 1.165) is 4.31 Å². The van der Waals surface area contributed by atoms with Gasteiger partial charge in [-0.05, 0) is 56.7 Å². The molecule has 0 saturated heterocycles. The first-order valence-electron chi connectivity index (χ1n) is 10.9. The average Bonchev–Trinajstić information content (AvgIpc) is 3.04. The zero-order valence-corrected chi connectivity index (χ0v) is 20.8. The normalized spacial score (nSPS) is 12.7. The molecule has 0 aliphatic rings. The van der Waals surface area contributed by atoms with Gasteiger partial charge in [-0.3, -0.25) is 4.79 Å².